The topological polar surface area (TPSA) is 88.6 Å². The van der Waals surface area contributed by atoms with Crippen molar-refractivity contribution in [1.29, 1.82) is 0 Å². The highest BCUT2D eigenvalue weighted by Gasteiger charge is 2.53. The Morgan fingerprint density at radius 2 is 1.81 bits per heavy atom. The predicted molar refractivity (Wildman–Crippen MR) is 118 cm³/mol. The Morgan fingerprint density at radius 1 is 1.09 bits per heavy atom. The molecular formula is C24H26N4O4. The molecule has 32 heavy (non-hydrogen) atoms. The summed E-state index contributed by atoms with van der Waals surface area (Å²) in [5.74, 6) is -1.88. The van der Waals surface area contributed by atoms with Crippen LogP contribution in [0.5, 0.6) is 0 Å². The van der Waals surface area contributed by atoms with Crippen LogP contribution in [0.25, 0.3) is 5.69 Å². The summed E-state index contributed by atoms with van der Waals surface area (Å²) in [5.41, 5.74) is 1.74. The van der Waals surface area contributed by atoms with Crippen LogP contribution < -0.4 is 0 Å². The fourth-order valence-electron chi connectivity index (χ4n) is 4.11. The second-order valence-electron chi connectivity index (χ2n) is 8.29. The van der Waals surface area contributed by atoms with Gasteiger partial charge >= 0.3 is 0 Å². The minimum Gasteiger partial charge on any atom is -0.464 e. The number of nitrogens with zero attached hydrogens (tertiary/aromatic N) is 4. The van der Waals surface area contributed by atoms with E-state index in [1.54, 1.807) is 30.7 Å². The molecule has 2 aromatic heterocycles. The lowest BCUT2D eigenvalue weighted by Gasteiger charge is -2.26. The van der Waals surface area contributed by atoms with Gasteiger partial charge in [-0.15, -0.1) is 0 Å². The van der Waals surface area contributed by atoms with Crippen molar-refractivity contribution in [3.8, 4) is 5.69 Å². The van der Waals surface area contributed by atoms with E-state index in [4.69, 9.17) is 4.42 Å². The van der Waals surface area contributed by atoms with Crippen molar-refractivity contribution in [2.24, 2.45) is 5.92 Å². The number of amides is 1. The Morgan fingerprint density at radius 3 is 2.44 bits per heavy atom. The number of rotatable bonds is 7. The number of likely N-dealkylation sites (tertiary alicyclic amines) is 1. The number of carbonyl (C=O) groups is 3. The molecule has 1 saturated heterocycles. The first-order chi connectivity index (χ1) is 15.3. The van der Waals surface area contributed by atoms with Gasteiger partial charge in [0.05, 0.1) is 23.1 Å². The van der Waals surface area contributed by atoms with Gasteiger partial charge in [0.25, 0.3) is 5.91 Å². The Labute approximate surface area is 186 Å². The highest BCUT2D eigenvalue weighted by molar-refractivity contribution is 6.44. The molecule has 1 aliphatic rings. The number of hydrogen-bond donors (Lipinski definition) is 0. The van der Waals surface area contributed by atoms with Gasteiger partial charge in [-0.2, -0.15) is 5.10 Å². The van der Waals surface area contributed by atoms with Crippen molar-refractivity contribution in [2.75, 3.05) is 27.2 Å². The number of Topliss-reactive ketones (excluding diaryl/α,β-unsaturated/α-hetero) is 2. The third-order valence-electron chi connectivity index (χ3n) is 5.80. The largest absolute Gasteiger partial charge is 0.464 e. The van der Waals surface area contributed by atoms with Crippen LogP contribution in [0.2, 0.25) is 0 Å². The first-order valence-electron chi connectivity index (χ1n) is 10.5. The molecule has 2 atom stereocenters. The van der Waals surface area contributed by atoms with Gasteiger partial charge in [0, 0.05) is 13.1 Å². The van der Waals surface area contributed by atoms with Crippen molar-refractivity contribution in [3.05, 3.63) is 71.4 Å². The molecule has 3 aromatic rings. The summed E-state index contributed by atoms with van der Waals surface area (Å²) in [6, 6.07) is 12.2. The number of carbonyl (C=O) groups excluding carboxylic acids is 3. The molecule has 166 valence electrons. The standard InChI is InChI=1S/C24H26N4O4/c1-15-10-11-19(32-15)21-20(23(30)24(31)27(21)13-12-26(3)4)22(29)18-14-25-28(16(18)2)17-8-6-5-7-9-17/h5-11,14,20-21H,12-13H2,1-4H3. The lowest BCUT2D eigenvalue weighted by Crippen LogP contribution is -2.36. The van der Waals surface area contributed by atoms with Gasteiger partial charge in [-0.05, 0) is 52.2 Å². The molecule has 8 heteroatoms. The smallest absolute Gasteiger partial charge is 0.291 e. The summed E-state index contributed by atoms with van der Waals surface area (Å²) < 4.78 is 7.45. The zero-order valence-corrected chi connectivity index (χ0v) is 18.6. The fourth-order valence-corrected chi connectivity index (χ4v) is 4.11. The van der Waals surface area contributed by atoms with Crippen LogP contribution in [0, 0.1) is 19.8 Å². The number of aromatic nitrogens is 2. The monoisotopic (exact) mass is 434 g/mol. The second-order valence-corrected chi connectivity index (χ2v) is 8.29. The van der Waals surface area contributed by atoms with Gasteiger partial charge in [-0.25, -0.2) is 4.68 Å². The summed E-state index contributed by atoms with van der Waals surface area (Å²) in [7, 11) is 3.77. The zero-order valence-electron chi connectivity index (χ0n) is 18.6. The summed E-state index contributed by atoms with van der Waals surface area (Å²) in [6.07, 6.45) is 1.47. The molecule has 1 aromatic carbocycles. The lowest BCUT2D eigenvalue weighted by molar-refractivity contribution is -0.140. The summed E-state index contributed by atoms with van der Waals surface area (Å²) >= 11 is 0. The van der Waals surface area contributed by atoms with Crippen LogP contribution >= 0.6 is 0 Å². The highest BCUT2D eigenvalue weighted by Crippen LogP contribution is 2.39. The normalized spacial score (nSPS) is 18.7. The van der Waals surface area contributed by atoms with Crippen molar-refractivity contribution in [2.45, 2.75) is 19.9 Å². The number of ketones is 2. The maximum atomic E-state index is 13.6. The number of likely N-dealkylation sites (N-methyl/N-ethyl adjacent to an activating group) is 1. The van der Waals surface area contributed by atoms with Gasteiger partial charge < -0.3 is 14.2 Å². The number of furan rings is 1. The van der Waals surface area contributed by atoms with E-state index in [9.17, 15) is 14.4 Å². The van der Waals surface area contributed by atoms with E-state index in [0.717, 1.165) is 5.69 Å². The molecule has 4 rings (SSSR count). The molecular weight excluding hydrogens is 408 g/mol. The fraction of sp³-hybridized carbons (Fsp3) is 0.333. The number of para-hydroxylation sites is 1. The van der Waals surface area contributed by atoms with Crippen LogP contribution in [-0.4, -0.2) is 64.2 Å². The van der Waals surface area contributed by atoms with Crippen LogP contribution in [0.4, 0.5) is 0 Å². The van der Waals surface area contributed by atoms with E-state index in [2.05, 4.69) is 5.10 Å². The average molecular weight is 434 g/mol. The molecule has 0 radical (unpaired) electrons. The first-order valence-corrected chi connectivity index (χ1v) is 10.5. The molecule has 8 nitrogen and oxygen atoms in total. The summed E-state index contributed by atoms with van der Waals surface area (Å²) in [6.45, 7) is 4.44. The molecule has 0 N–H and O–H groups in total. The third kappa shape index (κ3) is 3.78. The van der Waals surface area contributed by atoms with Crippen molar-refractivity contribution in [3.63, 3.8) is 0 Å². The molecule has 1 aliphatic heterocycles. The Balaban J connectivity index is 1.73. The Hall–Kier alpha value is -3.52. The van der Waals surface area contributed by atoms with Gasteiger partial charge in [-0.1, -0.05) is 18.2 Å². The van der Waals surface area contributed by atoms with Crippen LogP contribution in [0.15, 0.2) is 53.1 Å². The zero-order chi connectivity index (χ0) is 23.0. The van der Waals surface area contributed by atoms with Gasteiger partial charge in [0.1, 0.15) is 23.5 Å². The maximum Gasteiger partial charge on any atom is 0.291 e. The SMILES string of the molecule is Cc1ccc(C2C(C(=O)c3cnn(-c4ccccc4)c3C)C(=O)C(=O)N2CCN(C)C)o1. The van der Waals surface area contributed by atoms with E-state index in [0.29, 0.717) is 35.9 Å². The van der Waals surface area contributed by atoms with Crippen LogP contribution in [0.1, 0.15) is 33.6 Å². The third-order valence-corrected chi connectivity index (χ3v) is 5.80. The van der Waals surface area contributed by atoms with Crippen molar-refractivity contribution in [1.82, 2.24) is 19.6 Å². The quantitative estimate of drug-likeness (QED) is 0.323. The highest BCUT2D eigenvalue weighted by atomic mass is 16.3. The lowest BCUT2D eigenvalue weighted by atomic mass is 9.89. The Kier molecular flexibility index (Phi) is 5.80. The summed E-state index contributed by atoms with van der Waals surface area (Å²) in [4.78, 5) is 43.0. The molecule has 1 amide bonds. The molecule has 0 bridgehead atoms. The average Bonchev–Trinajstić information content (AvgIpc) is 3.43. The maximum absolute atomic E-state index is 13.6. The Bertz CT molecular complexity index is 1160. The predicted octanol–water partition coefficient (Wildman–Crippen LogP) is 2.60. The van der Waals surface area contributed by atoms with Gasteiger partial charge in [0.15, 0.2) is 5.78 Å². The van der Waals surface area contributed by atoms with E-state index < -0.39 is 29.4 Å². The molecule has 0 spiro atoms. The molecule has 0 saturated carbocycles. The van der Waals surface area contributed by atoms with Gasteiger partial charge in [-0.3, -0.25) is 14.4 Å². The van der Waals surface area contributed by atoms with Gasteiger partial charge in [0.2, 0.25) is 5.78 Å². The molecule has 2 unspecified atom stereocenters. The van der Waals surface area contributed by atoms with E-state index >= 15 is 0 Å². The van der Waals surface area contributed by atoms with E-state index in [-0.39, 0.29) is 0 Å². The van der Waals surface area contributed by atoms with Crippen LogP contribution in [-0.2, 0) is 9.59 Å². The number of hydrogen-bond acceptors (Lipinski definition) is 6. The molecule has 1 fully saturated rings. The van der Waals surface area contributed by atoms with E-state index in [1.165, 1.54) is 11.1 Å². The van der Waals surface area contributed by atoms with Crippen LogP contribution in [0.3, 0.4) is 0 Å². The minimum absolute atomic E-state index is 0.314. The number of aryl methyl sites for hydroxylation is 1. The minimum atomic E-state index is -1.18. The first kappa shape index (κ1) is 21.7. The van der Waals surface area contributed by atoms with Crippen molar-refractivity contribution < 1.29 is 18.8 Å². The van der Waals surface area contributed by atoms with Crippen molar-refractivity contribution >= 4 is 17.5 Å². The second kappa shape index (κ2) is 8.55. The number of benzene rings is 1. The summed E-state index contributed by atoms with van der Waals surface area (Å²) in [5, 5.41) is 4.36. The molecule has 3 heterocycles. The molecule has 0 aliphatic carbocycles. The van der Waals surface area contributed by atoms with E-state index in [1.807, 2.05) is 49.3 Å².